The molecule has 0 spiro atoms. The van der Waals surface area contributed by atoms with Crippen molar-refractivity contribution in [3.8, 4) is 5.75 Å². The molecule has 144 heavy (non-hydrogen) atoms. The highest BCUT2D eigenvalue weighted by molar-refractivity contribution is 14.1. The number of nitro benzene ring substituents is 1. The molecule has 0 heterocycles. The number of nitro groups is 1. The predicted octanol–water partition coefficient (Wildman–Crippen LogP) is 41.2. The number of rotatable bonds is 3. The van der Waals surface area contributed by atoms with Crippen LogP contribution >= 0.6 is 123 Å². The molecule has 34 heteroatoms. The molecule has 0 aliphatic rings. The lowest BCUT2D eigenvalue weighted by Crippen LogP contribution is -2.17. The lowest BCUT2D eigenvalue weighted by Gasteiger charge is -2.10. The summed E-state index contributed by atoms with van der Waals surface area (Å²) in [4.78, 5) is 9.85. The molecule has 0 atom stereocenters. The van der Waals surface area contributed by atoms with Gasteiger partial charge in [-0.15, -0.1) is 13.2 Å². The summed E-state index contributed by atoms with van der Waals surface area (Å²) in [6.45, 7) is 25.1. The highest BCUT2D eigenvalue weighted by atomic mass is 127. The van der Waals surface area contributed by atoms with Crippen molar-refractivity contribution in [2.24, 2.45) is 0 Å². The molecule has 15 rings (SSSR count). The van der Waals surface area contributed by atoms with Crippen LogP contribution in [0.15, 0.2) is 330 Å². The summed E-state index contributed by atoms with van der Waals surface area (Å²) in [6, 6.07) is 85.7. The Kier molecular flexibility index (Phi) is 61.5. The third kappa shape index (κ3) is 52.5. The molecule has 0 aliphatic heterocycles. The maximum Gasteiger partial charge on any atom is 0.573 e. The van der Waals surface area contributed by atoms with Crippen molar-refractivity contribution in [1.29, 1.82) is 0 Å². The second-order valence-electron chi connectivity index (χ2n) is 29.9. The fraction of sp³-hybridized carbons (Fsp3) is 0.182. The molecule has 15 aromatic rings. The number of para-hydroxylation sites is 2. The minimum absolute atomic E-state index is 0.0810. The normalized spacial score (nSPS) is 10.2. The summed E-state index contributed by atoms with van der Waals surface area (Å²) in [7, 11) is 0. The fourth-order valence-corrected chi connectivity index (χ4v) is 12.5. The van der Waals surface area contributed by atoms with Gasteiger partial charge in [0.2, 0.25) is 0 Å². The summed E-state index contributed by atoms with van der Waals surface area (Å²) in [5.41, 5.74) is 6.71. The molecular formula is C110H99Br2Cl4F22I2NO3. The van der Waals surface area contributed by atoms with Crippen LogP contribution in [-0.4, -0.2) is 11.3 Å². The van der Waals surface area contributed by atoms with Gasteiger partial charge in [-0.1, -0.05) is 278 Å². The van der Waals surface area contributed by atoms with Gasteiger partial charge in [0.05, 0.1) is 21.6 Å². The molecule has 0 N–H and O–H groups in total. The van der Waals surface area contributed by atoms with Crippen molar-refractivity contribution in [2.75, 3.05) is 0 Å². The van der Waals surface area contributed by atoms with Crippen LogP contribution in [0.25, 0.3) is 0 Å². The van der Waals surface area contributed by atoms with Crippen LogP contribution in [0.4, 0.5) is 102 Å². The first-order valence-corrected chi connectivity index (χ1v) is 47.3. The van der Waals surface area contributed by atoms with E-state index in [4.69, 9.17) is 46.4 Å². The van der Waals surface area contributed by atoms with Crippen LogP contribution in [0.2, 0.25) is 20.1 Å². The third-order valence-electron chi connectivity index (χ3n) is 18.9. The van der Waals surface area contributed by atoms with Crippen molar-refractivity contribution in [1.82, 2.24) is 0 Å². The van der Waals surface area contributed by atoms with Gasteiger partial charge in [-0.3, -0.25) is 10.1 Å². The first kappa shape index (κ1) is 132. The highest BCUT2D eigenvalue weighted by Gasteiger charge is 2.36. The standard InChI is InChI=1S/2C8H6F4.C8H7F3O.C8H7F3.C8H8F2.C7H6BrF.C7H7Br.C7H6Cl2.C7H6ClF.C7H7Cl.C7H6F2.C7H6FI.C7H7F.C7H7I.C7H7NO2/c1-5-6(8(10,11)12)3-2-4-7(5)9;1-5-3-2-4-6(9)7(5)8(10,11)12;1-6-4-2-3-5-7(6)12-8(9,10)11;1-6-4-2-3-5-7(6)8(9,10)11;1-6-4-2-3-5-7(6)8(9)10;1-5-6(8)3-2-4-7(5)9;1-6-4-2-3-5-7(6)8;2*1-5-6(8)3-2-4-7(5)9;1-6-4-2-3-5-7(6)8;2*1-5-6(8)3-2-4-7(5)9;2*1-6-4-2-3-5-7(6)8;1-6-4-2-3-5-7(6)8(9)10/h2*2-4H,1H3;2-5H,1H3;2-5H,1H3;2-5,8H,1H3;2-4H,1H3;2-5H,1H3;2*2-4H,1H3;2-5H,1H3;2*2-4H,1H3;2*2-5H,1H3;2-5H,1H3. The molecule has 0 radical (unpaired) electrons. The number of hydrogen-bond acceptors (Lipinski definition) is 3. The summed E-state index contributed by atoms with van der Waals surface area (Å²) in [5.74, 6) is -3.84. The maximum atomic E-state index is 12.6. The van der Waals surface area contributed by atoms with E-state index in [9.17, 15) is 107 Å². The van der Waals surface area contributed by atoms with Crippen molar-refractivity contribution >= 4 is 129 Å². The molecule has 4 nitrogen and oxygen atoms in total. The molecule has 0 aliphatic carbocycles. The zero-order valence-electron chi connectivity index (χ0n) is 79.7. The zero-order valence-corrected chi connectivity index (χ0v) is 90.2. The SMILES string of the molecule is Cc1c(Cl)cccc1Cl.Cc1c(F)cccc1Br.Cc1c(F)cccc1C(F)(F)F.Cc1c(F)cccc1Cl.Cc1c(F)cccc1F.Cc1c(F)cccc1I.Cc1cccc(F)c1C(F)(F)F.Cc1ccccc1Br.Cc1ccccc1C(F)(F)F.Cc1ccccc1C(F)F.Cc1ccccc1Cl.Cc1ccccc1F.Cc1ccccc1I.Cc1ccccc1OC(F)(F)F.Cc1ccccc1[N+](=O)[O-]. The molecule has 0 saturated heterocycles. The molecule has 772 valence electrons. The molecule has 0 unspecified atom stereocenters. The van der Waals surface area contributed by atoms with E-state index in [0.29, 0.717) is 38.4 Å². The number of benzene rings is 15. The first-order valence-electron chi connectivity index (χ1n) is 42.1. The van der Waals surface area contributed by atoms with E-state index < -0.39 is 71.3 Å². The van der Waals surface area contributed by atoms with Gasteiger partial charge in [0.1, 0.15) is 52.3 Å². The molecule has 0 bridgehead atoms. The summed E-state index contributed by atoms with van der Waals surface area (Å²) in [6.07, 6.45) is -20.2. The Morgan fingerprint density at radius 2 is 0.604 bits per heavy atom. The number of hydrogen-bond donors (Lipinski definition) is 0. The summed E-state index contributed by atoms with van der Waals surface area (Å²) < 4.78 is 276. The Labute approximate surface area is 888 Å². The van der Waals surface area contributed by atoms with Crippen LogP contribution in [0.3, 0.4) is 0 Å². The minimum Gasteiger partial charge on any atom is -0.406 e. The van der Waals surface area contributed by atoms with Crippen molar-refractivity contribution in [3.05, 3.63) is 520 Å². The smallest absolute Gasteiger partial charge is 0.406 e. The first-order chi connectivity index (χ1) is 67.1. The predicted molar refractivity (Wildman–Crippen MR) is 562 cm³/mol. The zero-order chi connectivity index (χ0) is 110. The highest BCUT2D eigenvalue weighted by Crippen LogP contribution is 2.36. The number of nitrogens with zero attached hydrogens (tertiary/aromatic N) is 1. The second-order valence-corrected chi connectivity index (χ2v) is 35.6. The van der Waals surface area contributed by atoms with E-state index in [1.807, 2.05) is 92.7 Å². The van der Waals surface area contributed by atoms with Crippen LogP contribution in [0.1, 0.15) is 112 Å². The van der Waals surface area contributed by atoms with E-state index in [0.717, 1.165) is 77.1 Å². The van der Waals surface area contributed by atoms with Gasteiger partial charge in [0, 0.05) is 64.5 Å². The quantitative estimate of drug-likeness (QED) is 0.0767. The lowest BCUT2D eigenvalue weighted by molar-refractivity contribution is -0.385. The Balaban J connectivity index is 0.000000773. The number of aryl methyl sites for hydroxylation is 9. The topological polar surface area (TPSA) is 52.4 Å². The largest absolute Gasteiger partial charge is 0.573 e. The van der Waals surface area contributed by atoms with Crippen molar-refractivity contribution in [3.63, 3.8) is 0 Å². The van der Waals surface area contributed by atoms with E-state index in [-0.39, 0.29) is 67.4 Å². The number of alkyl halides is 14. The average molecular weight is 2460 g/mol. The lowest BCUT2D eigenvalue weighted by atomic mass is 10.1. The number of halogens is 30. The Morgan fingerprint density at radius 3 is 0.917 bits per heavy atom. The van der Waals surface area contributed by atoms with E-state index in [1.165, 1.54) is 131 Å². The van der Waals surface area contributed by atoms with Crippen molar-refractivity contribution in [2.45, 2.75) is 135 Å². The van der Waals surface area contributed by atoms with E-state index in [1.54, 1.807) is 139 Å². The van der Waals surface area contributed by atoms with Gasteiger partial charge in [0.15, 0.2) is 0 Å². The molecule has 0 amide bonds. The van der Waals surface area contributed by atoms with Crippen LogP contribution in [0, 0.1) is 168 Å². The minimum atomic E-state index is -4.61. The van der Waals surface area contributed by atoms with E-state index in [2.05, 4.69) is 126 Å². The Bertz CT molecular complexity index is 5740. The van der Waals surface area contributed by atoms with Crippen LogP contribution in [-0.2, 0) is 18.5 Å². The molecule has 0 saturated carbocycles. The van der Waals surface area contributed by atoms with Gasteiger partial charge in [-0.25, -0.2) is 43.9 Å². The Morgan fingerprint density at radius 1 is 0.278 bits per heavy atom. The van der Waals surface area contributed by atoms with Gasteiger partial charge < -0.3 is 4.74 Å². The molecule has 0 aromatic heterocycles. The van der Waals surface area contributed by atoms with Gasteiger partial charge >= 0.3 is 24.9 Å². The van der Waals surface area contributed by atoms with E-state index >= 15 is 0 Å². The van der Waals surface area contributed by atoms with Gasteiger partial charge in [-0.2, -0.15) is 39.5 Å². The van der Waals surface area contributed by atoms with Gasteiger partial charge in [-0.05, 0) is 331 Å². The van der Waals surface area contributed by atoms with Crippen LogP contribution in [0.5, 0.6) is 5.75 Å². The average Bonchev–Trinajstić information content (AvgIpc) is 0.736. The molecular weight excluding hydrogens is 2360 g/mol. The second kappa shape index (κ2) is 67.3. The summed E-state index contributed by atoms with van der Waals surface area (Å²) >= 11 is 33.8. The fourth-order valence-electron chi connectivity index (χ4n) is 10.3. The van der Waals surface area contributed by atoms with Crippen molar-refractivity contribution < 1.29 is 106 Å². The molecule has 15 aromatic carbocycles. The molecule has 0 fully saturated rings. The van der Waals surface area contributed by atoms with Crippen LogP contribution < -0.4 is 4.74 Å². The Hall–Kier alpha value is -10.5. The third-order valence-corrected chi connectivity index (χ3v) is 24.7. The monoisotopic (exact) mass is 2450 g/mol. The maximum absolute atomic E-state index is 12.6. The van der Waals surface area contributed by atoms with Gasteiger partial charge in [0.25, 0.3) is 12.1 Å². The number of ether oxygens (including phenoxy) is 1. The summed E-state index contributed by atoms with van der Waals surface area (Å²) in [5, 5.41) is 13.0.